The molecule has 0 saturated heterocycles. The Bertz CT molecular complexity index is 710. The lowest BCUT2D eigenvalue weighted by Crippen LogP contribution is -2.65. The largest absolute Gasteiger partial charge is 0.469 e. The van der Waals surface area contributed by atoms with Crippen LogP contribution in [0, 0.1) is 34.5 Å². The number of fused-ring (bicyclic) bond motifs is 5. The van der Waals surface area contributed by atoms with Gasteiger partial charge in [-0.3, -0.25) is 4.79 Å². The SMILES string of the molecule is COC(=O)C1C[C@@]2(C)C(CC[C@@H]3[C@H]2CC(O)[C@]2(C)CCC[C@@]32N=[N+]=[N-])CC1O. The van der Waals surface area contributed by atoms with Gasteiger partial charge in [-0.25, -0.2) is 0 Å². The highest BCUT2D eigenvalue weighted by Crippen LogP contribution is 2.69. The van der Waals surface area contributed by atoms with E-state index in [9.17, 15) is 20.5 Å². The first-order valence-electron chi connectivity index (χ1n) is 10.7. The maximum absolute atomic E-state index is 12.3. The number of methoxy groups -OCH3 is 1. The van der Waals surface area contributed by atoms with E-state index in [0.717, 1.165) is 32.1 Å². The summed E-state index contributed by atoms with van der Waals surface area (Å²) >= 11 is 0. The number of azide groups is 1. The Morgan fingerprint density at radius 1 is 1.18 bits per heavy atom. The number of hydrogen-bond acceptors (Lipinski definition) is 5. The molecular formula is C21H33N3O4. The molecule has 0 spiro atoms. The van der Waals surface area contributed by atoms with Crippen LogP contribution in [0.2, 0.25) is 0 Å². The van der Waals surface area contributed by atoms with E-state index in [1.807, 2.05) is 0 Å². The van der Waals surface area contributed by atoms with Crippen molar-refractivity contribution in [2.45, 2.75) is 83.0 Å². The topological polar surface area (TPSA) is 116 Å². The van der Waals surface area contributed by atoms with Crippen molar-refractivity contribution in [3.8, 4) is 0 Å². The highest BCUT2D eigenvalue weighted by atomic mass is 16.5. The molecule has 4 aliphatic carbocycles. The summed E-state index contributed by atoms with van der Waals surface area (Å²) in [5.74, 6) is -0.159. The van der Waals surface area contributed by atoms with E-state index in [1.54, 1.807) is 0 Å². The molecule has 0 aromatic rings. The summed E-state index contributed by atoms with van der Waals surface area (Å²) in [6.45, 7) is 4.33. The predicted molar refractivity (Wildman–Crippen MR) is 103 cm³/mol. The van der Waals surface area contributed by atoms with Crippen molar-refractivity contribution in [1.29, 1.82) is 0 Å². The lowest BCUT2D eigenvalue weighted by atomic mass is 9.42. The minimum atomic E-state index is -0.668. The number of esters is 1. The van der Waals surface area contributed by atoms with Crippen LogP contribution in [0.1, 0.15) is 65.2 Å². The van der Waals surface area contributed by atoms with E-state index in [2.05, 4.69) is 23.9 Å². The van der Waals surface area contributed by atoms with Crippen molar-refractivity contribution >= 4 is 5.97 Å². The molecule has 7 nitrogen and oxygen atoms in total. The first-order valence-corrected chi connectivity index (χ1v) is 10.7. The van der Waals surface area contributed by atoms with Crippen LogP contribution < -0.4 is 0 Å². The highest BCUT2D eigenvalue weighted by molar-refractivity contribution is 5.73. The molecule has 4 fully saturated rings. The van der Waals surface area contributed by atoms with Crippen molar-refractivity contribution in [3.63, 3.8) is 0 Å². The van der Waals surface area contributed by atoms with E-state index >= 15 is 0 Å². The Labute approximate surface area is 166 Å². The van der Waals surface area contributed by atoms with Crippen LogP contribution in [0.25, 0.3) is 10.4 Å². The fraction of sp³-hybridized carbons (Fsp3) is 0.952. The molecule has 156 valence electrons. The third-order valence-electron chi connectivity index (χ3n) is 9.54. The number of nitrogens with zero attached hydrogens (tertiary/aromatic N) is 3. The molecule has 4 unspecified atom stereocenters. The maximum Gasteiger partial charge on any atom is 0.311 e. The zero-order valence-corrected chi connectivity index (χ0v) is 17.2. The van der Waals surface area contributed by atoms with Crippen molar-refractivity contribution in [2.75, 3.05) is 7.11 Å². The lowest BCUT2D eigenvalue weighted by Gasteiger charge is -2.65. The van der Waals surface area contributed by atoms with Crippen LogP contribution in [0.4, 0.5) is 0 Å². The molecular weight excluding hydrogens is 358 g/mol. The quantitative estimate of drug-likeness (QED) is 0.324. The zero-order valence-electron chi connectivity index (χ0n) is 17.2. The average Bonchev–Trinajstić information content (AvgIpc) is 3.01. The van der Waals surface area contributed by atoms with Gasteiger partial charge in [0.05, 0.1) is 30.8 Å². The van der Waals surface area contributed by atoms with E-state index in [-0.39, 0.29) is 28.6 Å². The van der Waals surface area contributed by atoms with Gasteiger partial charge in [0.1, 0.15) is 0 Å². The van der Waals surface area contributed by atoms with Crippen LogP contribution in [0.3, 0.4) is 0 Å². The molecule has 28 heavy (non-hydrogen) atoms. The number of carbonyl (C=O) groups is 1. The van der Waals surface area contributed by atoms with Crippen LogP contribution in [0.15, 0.2) is 5.11 Å². The molecule has 7 heteroatoms. The number of hydrogen-bond donors (Lipinski definition) is 2. The summed E-state index contributed by atoms with van der Waals surface area (Å²) in [4.78, 5) is 15.6. The highest BCUT2D eigenvalue weighted by Gasteiger charge is 2.68. The van der Waals surface area contributed by atoms with E-state index in [0.29, 0.717) is 25.2 Å². The number of carbonyl (C=O) groups excluding carboxylic acids is 1. The molecule has 4 saturated carbocycles. The van der Waals surface area contributed by atoms with Crippen LogP contribution in [-0.2, 0) is 9.53 Å². The summed E-state index contributed by atoms with van der Waals surface area (Å²) in [5, 5.41) is 26.2. The van der Waals surface area contributed by atoms with Crippen LogP contribution in [-0.4, -0.2) is 41.0 Å². The Balaban J connectivity index is 1.75. The van der Waals surface area contributed by atoms with Crippen LogP contribution in [0.5, 0.6) is 0 Å². The summed E-state index contributed by atoms with van der Waals surface area (Å²) in [7, 11) is 1.37. The van der Waals surface area contributed by atoms with Crippen molar-refractivity contribution in [1.82, 2.24) is 0 Å². The molecule has 0 heterocycles. The van der Waals surface area contributed by atoms with Crippen molar-refractivity contribution < 1.29 is 19.7 Å². The molecule has 0 radical (unpaired) electrons. The van der Waals surface area contributed by atoms with Gasteiger partial charge < -0.3 is 14.9 Å². The third kappa shape index (κ3) is 2.42. The standard InChI is InChI=1S/C21H33N3O4/c1-19-11-13(18(27)28-3)16(25)9-12(19)5-6-14-15(19)10-17(26)20(2)7-4-8-21(14,20)23-24-22/h12-17,25-26H,4-11H2,1-3H3/t12?,13?,14-,15-,16?,17?,19+,20+,21-/m1/s1. The summed E-state index contributed by atoms with van der Waals surface area (Å²) < 4.78 is 4.97. The van der Waals surface area contributed by atoms with Gasteiger partial charge in [0.2, 0.25) is 0 Å². The summed E-state index contributed by atoms with van der Waals surface area (Å²) in [6.07, 6.45) is 5.29. The average molecular weight is 392 g/mol. The normalized spacial score (nSPS) is 52.6. The minimum absolute atomic E-state index is 0.177. The molecule has 0 aliphatic heterocycles. The van der Waals surface area contributed by atoms with Gasteiger partial charge in [0.25, 0.3) is 0 Å². The minimum Gasteiger partial charge on any atom is -0.469 e. The second-order valence-electron chi connectivity index (χ2n) is 10.3. The van der Waals surface area contributed by atoms with Crippen molar-refractivity contribution in [2.24, 2.45) is 39.6 Å². The molecule has 4 rings (SSSR count). The zero-order chi connectivity index (χ0) is 20.3. The van der Waals surface area contributed by atoms with Gasteiger partial charge in [-0.1, -0.05) is 25.4 Å². The molecule has 0 aromatic heterocycles. The fourth-order valence-corrected chi connectivity index (χ4v) is 7.95. The second kappa shape index (κ2) is 6.61. The Morgan fingerprint density at radius 3 is 2.61 bits per heavy atom. The first kappa shape index (κ1) is 20.0. The fourth-order valence-electron chi connectivity index (χ4n) is 7.95. The third-order valence-corrected chi connectivity index (χ3v) is 9.54. The molecule has 0 amide bonds. The van der Waals surface area contributed by atoms with Gasteiger partial charge in [-0.15, -0.1) is 0 Å². The van der Waals surface area contributed by atoms with E-state index in [1.165, 1.54) is 7.11 Å². The van der Waals surface area contributed by atoms with Gasteiger partial charge >= 0.3 is 5.97 Å². The van der Waals surface area contributed by atoms with Crippen LogP contribution >= 0.6 is 0 Å². The number of ether oxygens (including phenoxy) is 1. The molecule has 0 bridgehead atoms. The Morgan fingerprint density at radius 2 is 1.93 bits per heavy atom. The Kier molecular flexibility index (Phi) is 4.72. The van der Waals surface area contributed by atoms with E-state index < -0.39 is 23.7 Å². The van der Waals surface area contributed by atoms with Gasteiger partial charge in [0.15, 0.2) is 0 Å². The first-order chi connectivity index (χ1) is 13.2. The predicted octanol–water partition coefficient (Wildman–Crippen LogP) is 3.58. The maximum atomic E-state index is 12.3. The number of rotatable bonds is 2. The number of aliphatic hydroxyl groups excluding tert-OH is 2. The molecule has 0 aromatic carbocycles. The summed E-state index contributed by atoms with van der Waals surface area (Å²) in [5.41, 5.74) is 8.31. The van der Waals surface area contributed by atoms with Crippen molar-refractivity contribution in [3.05, 3.63) is 10.4 Å². The van der Waals surface area contributed by atoms with Gasteiger partial charge in [-0.05, 0) is 73.6 Å². The molecule has 4 aliphatic rings. The van der Waals surface area contributed by atoms with Gasteiger partial charge in [0, 0.05) is 10.3 Å². The van der Waals surface area contributed by atoms with E-state index in [4.69, 9.17) is 4.74 Å². The lowest BCUT2D eigenvalue weighted by molar-refractivity contribution is -0.187. The number of aliphatic hydroxyl groups is 2. The molecule has 2 N–H and O–H groups in total. The molecule has 9 atom stereocenters. The summed E-state index contributed by atoms with van der Waals surface area (Å²) in [6, 6.07) is 0. The van der Waals surface area contributed by atoms with Gasteiger partial charge in [-0.2, -0.15) is 0 Å². The smallest absolute Gasteiger partial charge is 0.311 e. The second-order valence-corrected chi connectivity index (χ2v) is 10.3. The Hall–Kier alpha value is -1.30. The monoisotopic (exact) mass is 391 g/mol.